The Morgan fingerprint density at radius 1 is 1.67 bits per heavy atom. The normalized spacial score (nSPS) is 16.2. The van der Waals surface area contributed by atoms with E-state index in [1.165, 1.54) is 0 Å². The number of aliphatic hydroxyl groups is 1. The van der Waals surface area contributed by atoms with Gasteiger partial charge < -0.3 is 5.11 Å². The first-order chi connectivity index (χ1) is 4.09. The third-order valence-electron chi connectivity index (χ3n) is 0.956. The smallest absolute Gasteiger partial charge is 0.361 e. The first kappa shape index (κ1) is 8.17. The summed E-state index contributed by atoms with van der Waals surface area (Å²) in [6.45, 7) is 6.31. The lowest BCUT2D eigenvalue weighted by Crippen LogP contribution is -2.22. The van der Waals surface area contributed by atoms with Crippen molar-refractivity contribution in [1.82, 2.24) is 0 Å². The molecule has 0 saturated heterocycles. The van der Waals surface area contributed by atoms with Crippen LogP contribution < -0.4 is 0 Å². The molecule has 0 saturated carbocycles. The third kappa shape index (κ3) is 2.28. The number of carbonyl (C=O) groups excluding carboxylic acids is 1. The van der Waals surface area contributed by atoms with Crippen LogP contribution in [0, 0.1) is 12.8 Å². The molecule has 2 atom stereocenters. The third-order valence-corrected chi connectivity index (χ3v) is 0.956. The van der Waals surface area contributed by atoms with Crippen molar-refractivity contribution >= 4 is 5.97 Å². The SMILES string of the molecule is [CH2]C(C([O])=O)C(O)C=C. The molecule has 0 rings (SSSR count). The molecule has 0 spiro atoms. The monoisotopic (exact) mass is 128 g/mol. The summed E-state index contributed by atoms with van der Waals surface area (Å²) in [6.07, 6.45) is -0.0111. The number of carbonyl (C=O) groups is 1. The fourth-order valence-electron chi connectivity index (χ4n) is 0.304. The Kier molecular flexibility index (Phi) is 2.95. The molecule has 0 heterocycles. The second-order valence-corrected chi connectivity index (χ2v) is 1.65. The Morgan fingerprint density at radius 2 is 2.11 bits per heavy atom. The predicted octanol–water partition coefficient (Wildman–Crippen LogP) is -0.0593. The summed E-state index contributed by atoms with van der Waals surface area (Å²) in [6, 6.07) is 0. The minimum absolute atomic E-state index is 1.10. The van der Waals surface area contributed by atoms with E-state index in [0.29, 0.717) is 0 Å². The second kappa shape index (κ2) is 3.25. The maximum Gasteiger partial charge on any atom is 0.361 e. The molecule has 0 aliphatic rings. The molecule has 0 aliphatic carbocycles. The van der Waals surface area contributed by atoms with Crippen molar-refractivity contribution in [1.29, 1.82) is 0 Å². The fraction of sp³-hybridized carbons (Fsp3) is 0.333. The van der Waals surface area contributed by atoms with Gasteiger partial charge in [0.25, 0.3) is 0 Å². The van der Waals surface area contributed by atoms with Gasteiger partial charge in [-0.3, -0.25) is 0 Å². The van der Waals surface area contributed by atoms with Gasteiger partial charge >= 0.3 is 5.97 Å². The Balaban J connectivity index is 3.86. The topological polar surface area (TPSA) is 57.2 Å². The van der Waals surface area contributed by atoms with Crippen LogP contribution in [-0.2, 0) is 9.90 Å². The summed E-state index contributed by atoms with van der Waals surface area (Å²) in [4.78, 5) is 9.92. The molecular formula is C6H8O3. The molecule has 0 aromatic rings. The van der Waals surface area contributed by atoms with E-state index in [0.717, 1.165) is 6.08 Å². The van der Waals surface area contributed by atoms with Crippen LogP contribution in [0.5, 0.6) is 0 Å². The Hall–Kier alpha value is -0.830. The summed E-state index contributed by atoms with van der Waals surface area (Å²) in [5, 5.41) is 18.6. The van der Waals surface area contributed by atoms with Gasteiger partial charge in [0.2, 0.25) is 0 Å². The van der Waals surface area contributed by atoms with Crippen LogP contribution in [0.2, 0.25) is 0 Å². The summed E-state index contributed by atoms with van der Waals surface area (Å²) in [5.74, 6) is -2.50. The molecule has 0 aliphatic heterocycles. The number of hydrogen-bond acceptors (Lipinski definition) is 2. The van der Waals surface area contributed by atoms with E-state index in [1.807, 2.05) is 0 Å². The number of aliphatic hydroxyl groups excluding tert-OH is 1. The van der Waals surface area contributed by atoms with E-state index in [-0.39, 0.29) is 0 Å². The minimum atomic E-state index is -1.37. The first-order valence-electron chi connectivity index (χ1n) is 2.44. The van der Waals surface area contributed by atoms with Crippen LogP contribution >= 0.6 is 0 Å². The largest absolute Gasteiger partial charge is 0.388 e. The highest BCUT2D eigenvalue weighted by molar-refractivity contribution is 5.71. The van der Waals surface area contributed by atoms with Crippen molar-refractivity contribution < 1.29 is 15.0 Å². The van der Waals surface area contributed by atoms with Crippen molar-refractivity contribution in [2.45, 2.75) is 6.10 Å². The molecule has 1 N–H and O–H groups in total. The van der Waals surface area contributed by atoms with Gasteiger partial charge in [-0.25, -0.2) is 9.90 Å². The van der Waals surface area contributed by atoms with Crippen molar-refractivity contribution in [3.63, 3.8) is 0 Å². The average Bonchev–Trinajstić information content (AvgIpc) is 1.84. The molecule has 50 valence electrons. The minimum Gasteiger partial charge on any atom is -0.388 e. The standard InChI is InChI=1S/C6H8O3/c1-3-5(7)4(2)6(8)9/h3-5,7H,1-2H2. The zero-order valence-electron chi connectivity index (χ0n) is 4.91. The van der Waals surface area contributed by atoms with Crippen LogP contribution in [0.25, 0.3) is 0 Å². The molecule has 3 nitrogen and oxygen atoms in total. The molecule has 9 heavy (non-hydrogen) atoms. The van der Waals surface area contributed by atoms with Crippen molar-refractivity contribution in [3.8, 4) is 0 Å². The molecular weight excluding hydrogens is 120 g/mol. The predicted molar refractivity (Wildman–Crippen MR) is 30.7 cm³/mol. The lowest BCUT2D eigenvalue weighted by molar-refractivity contribution is -0.148. The summed E-state index contributed by atoms with van der Waals surface area (Å²) < 4.78 is 0. The quantitative estimate of drug-likeness (QED) is 0.541. The molecule has 2 radical (unpaired) electrons. The lowest BCUT2D eigenvalue weighted by Gasteiger charge is -2.06. The van der Waals surface area contributed by atoms with Crippen LogP contribution in [-0.4, -0.2) is 17.2 Å². The molecule has 0 aromatic carbocycles. The number of hydrogen-bond donors (Lipinski definition) is 1. The second-order valence-electron chi connectivity index (χ2n) is 1.65. The summed E-state index contributed by atoms with van der Waals surface area (Å²) in [5.41, 5.74) is 0. The number of rotatable bonds is 3. The molecule has 3 heteroatoms. The highest BCUT2D eigenvalue weighted by Gasteiger charge is 2.19. The molecule has 0 bridgehead atoms. The van der Waals surface area contributed by atoms with Gasteiger partial charge in [-0.15, -0.1) is 6.58 Å². The van der Waals surface area contributed by atoms with Crippen LogP contribution in [0.15, 0.2) is 12.7 Å². The van der Waals surface area contributed by atoms with Gasteiger partial charge in [0.1, 0.15) is 0 Å². The van der Waals surface area contributed by atoms with Crippen molar-refractivity contribution in [3.05, 3.63) is 19.6 Å². The lowest BCUT2D eigenvalue weighted by atomic mass is 10.1. The highest BCUT2D eigenvalue weighted by atomic mass is 16.4. The van der Waals surface area contributed by atoms with E-state index in [4.69, 9.17) is 5.11 Å². The Bertz CT molecular complexity index is 119. The van der Waals surface area contributed by atoms with E-state index in [1.54, 1.807) is 0 Å². The van der Waals surface area contributed by atoms with Gasteiger partial charge in [-0.1, -0.05) is 6.08 Å². The molecule has 0 fully saturated rings. The van der Waals surface area contributed by atoms with E-state index < -0.39 is 18.0 Å². The molecule has 0 amide bonds. The maximum absolute atomic E-state index is 9.92. The van der Waals surface area contributed by atoms with E-state index >= 15 is 0 Å². The van der Waals surface area contributed by atoms with Crippen LogP contribution in [0.1, 0.15) is 0 Å². The van der Waals surface area contributed by atoms with Gasteiger partial charge in [-0.2, -0.15) is 0 Å². The summed E-state index contributed by atoms with van der Waals surface area (Å²) in [7, 11) is 0. The van der Waals surface area contributed by atoms with E-state index in [2.05, 4.69) is 13.5 Å². The zero-order valence-corrected chi connectivity index (χ0v) is 4.91. The van der Waals surface area contributed by atoms with Crippen LogP contribution in [0.3, 0.4) is 0 Å². The molecule has 2 unspecified atom stereocenters. The Labute approximate surface area is 53.6 Å². The van der Waals surface area contributed by atoms with Gasteiger partial charge in [0.05, 0.1) is 12.0 Å². The highest BCUT2D eigenvalue weighted by Crippen LogP contribution is 2.02. The van der Waals surface area contributed by atoms with Crippen LogP contribution in [0.4, 0.5) is 0 Å². The maximum atomic E-state index is 9.92. The van der Waals surface area contributed by atoms with Crippen molar-refractivity contribution in [2.75, 3.05) is 0 Å². The molecule has 0 aromatic heterocycles. The average molecular weight is 128 g/mol. The van der Waals surface area contributed by atoms with Crippen molar-refractivity contribution in [2.24, 2.45) is 5.92 Å². The van der Waals surface area contributed by atoms with Gasteiger partial charge in [0, 0.05) is 0 Å². The summed E-state index contributed by atoms with van der Waals surface area (Å²) >= 11 is 0. The van der Waals surface area contributed by atoms with E-state index in [9.17, 15) is 9.90 Å². The first-order valence-corrected chi connectivity index (χ1v) is 2.44. The van der Waals surface area contributed by atoms with Gasteiger partial charge in [-0.05, 0) is 6.92 Å². The zero-order chi connectivity index (χ0) is 7.44. The van der Waals surface area contributed by atoms with Gasteiger partial charge in [0.15, 0.2) is 0 Å². The Morgan fingerprint density at radius 3 is 2.22 bits per heavy atom. The fourth-order valence-corrected chi connectivity index (χ4v) is 0.304.